The van der Waals surface area contributed by atoms with Crippen LogP contribution in [0.15, 0.2) is 0 Å². The first-order valence-electron chi connectivity index (χ1n) is 6.86. The summed E-state index contributed by atoms with van der Waals surface area (Å²) >= 11 is 0. The number of nitrogens with one attached hydrogen (secondary N) is 1. The average molecular weight is 228 g/mol. The first kappa shape index (κ1) is 13.9. The molecule has 0 radical (unpaired) electrons. The van der Waals surface area contributed by atoms with E-state index >= 15 is 0 Å². The van der Waals surface area contributed by atoms with Crippen molar-refractivity contribution in [2.75, 3.05) is 26.2 Å². The fourth-order valence-corrected chi connectivity index (χ4v) is 2.40. The van der Waals surface area contributed by atoms with Gasteiger partial charge in [0.2, 0.25) is 0 Å². The van der Waals surface area contributed by atoms with Gasteiger partial charge in [0.25, 0.3) is 0 Å². The number of hydrogen-bond donors (Lipinski definition) is 2. The Morgan fingerprint density at radius 3 is 2.88 bits per heavy atom. The third-order valence-corrected chi connectivity index (χ3v) is 3.36. The molecule has 1 heterocycles. The zero-order chi connectivity index (χ0) is 11.8. The summed E-state index contributed by atoms with van der Waals surface area (Å²) in [5.74, 6) is 0. The van der Waals surface area contributed by atoms with Gasteiger partial charge in [0.1, 0.15) is 0 Å². The van der Waals surface area contributed by atoms with Gasteiger partial charge < -0.3 is 15.3 Å². The van der Waals surface area contributed by atoms with Gasteiger partial charge in [-0.1, -0.05) is 6.92 Å². The molecule has 0 aromatic rings. The van der Waals surface area contributed by atoms with Crippen molar-refractivity contribution in [3.8, 4) is 0 Å². The smallest absolute Gasteiger partial charge is 0.0524 e. The Morgan fingerprint density at radius 1 is 1.38 bits per heavy atom. The van der Waals surface area contributed by atoms with Crippen LogP contribution in [0.1, 0.15) is 46.0 Å². The van der Waals surface area contributed by atoms with E-state index in [1.807, 2.05) is 6.92 Å². The molecule has 96 valence electrons. The van der Waals surface area contributed by atoms with Gasteiger partial charge in [0.05, 0.1) is 6.10 Å². The van der Waals surface area contributed by atoms with E-state index in [0.29, 0.717) is 6.04 Å². The molecule has 0 saturated carbocycles. The third kappa shape index (κ3) is 5.83. The molecule has 1 aliphatic heterocycles. The van der Waals surface area contributed by atoms with Crippen molar-refractivity contribution in [1.82, 2.24) is 10.2 Å². The normalized spacial score (nSPS) is 25.3. The van der Waals surface area contributed by atoms with Crippen LogP contribution in [0.5, 0.6) is 0 Å². The van der Waals surface area contributed by atoms with Crippen molar-refractivity contribution in [2.45, 2.75) is 58.1 Å². The highest BCUT2D eigenvalue weighted by Gasteiger charge is 2.15. The summed E-state index contributed by atoms with van der Waals surface area (Å²) in [5.41, 5.74) is 0. The van der Waals surface area contributed by atoms with Crippen LogP contribution in [-0.2, 0) is 0 Å². The second-order valence-electron chi connectivity index (χ2n) is 5.06. The van der Waals surface area contributed by atoms with Crippen LogP contribution in [0.2, 0.25) is 0 Å². The van der Waals surface area contributed by atoms with Crippen molar-refractivity contribution < 1.29 is 5.11 Å². The molecule has 2 N–H and O–H groups in total. The average Bonchev–Trinajstić information content (AvgIpc) is 2.44. The summed E-state index contributed by atoms with van der Waals surface area (Å²) in [6.07, 6.45) is 5.83. The number of aliphatic hydroxyl groups is 1. The van der Waals surface area contributed by atoms with E-state index in [9.17, 15) is 5.11 Å². The maximum atomic E-state index is 9.20. The SMILES string of the molecule is CCCN1CCCC(NCCC(C)O)CC1. The van der Waals surface area contributed by atoms with Crippen molar-refractivity contribution in [1.29, 1.82) is 0 Å². The van der Waals surface area contributed by atoms with Crippen molar-refractivity contribution in [3.05, 3.63) is 0 Å². The Bertz CT molecular complexity index is 173. The van der Waals surface area contributed by atoms with E-state index in [2.05, 4.69) is 17.1 Å². The molecular weight excluding hydrogens is 200 g/mol. The molecule has 3 heteroatoms. The number of hydrogen-bond acceptors (Lipinski definition) is 3. The Labute approximate surface area is 100 Å². The second-order valence-corrected chi connectivity index (χ2v) is 5.06. The first-order valence-corrected chi connectivity index (χ1v) is 6.86. The molecule has 1 aliphatic rings. The summed E-state index contributed by atoms with van der Waals surface area (Å²) in [6.45, 7) is 8.82. The van der Waals surface area contributed by atoms with Crippen LogP contribution in [-0.4, -0.2) is 48.3 Å². The Hall–Kier alpha value is -0.120. The summed E-state index contributed by atoms with van der Waals surface area (Å²) in [6, 6.07) is 0.667. The van der Waals surface area contributed by atoms with E-state index < -0.39 is 0 Å². The third-order valence-electron chi connectivity index (χ3n) is 3.36. The summed E-state index contributed by atoms with van der Waals surface area (Å²) < 4.78 is 0. The lowest BCUT2D eigenvalue weighted by molar-refractivity contribution is 0.181. The minimum atomic E-state index is -0.171. The Morgan fingerprint density at radius 2 is 2.19 bits per heavy atom. The van der Waals surface area contributed by atoms with Crippen molar-refractivity contribution >= 4 is 0 Å². The Kier molecular flexibility index (Phi) is 7.01. The van der Waals surface area contributed by atoms with Crippen LogP contribution >= 0.6 is 0 Å². The number of nitrogens with zero attached hydrogens (tertiary/aromatic N) is 1. The largest absolute Gasteiger partial charge is 0.393 e. The molecule has 1 fully saturated rings. The highest BCUT2D eigenvalue weighted by Crippen LogP contribution is 2.11. The quantitative estimate of drug-likeness (QED) is 0.725. The number of rotatable bonds is 6. The Balaban J connectivity index is 2.14. The van der Waals surface area contributed by atoms with E-state index in [0.717, 1.165) is 13.0 Å². The molecule has 0 aliphatic carbocycles. The van der Waals surface area contributed by atoms with E-state index in [1.54, 1.807) is 0 Å². The van der Waals surface area contributed by atoms with Gasteiger partial charge in [-0.15, -0.1) is 0 Å². The molecule has 0 spiro atoms. The fourth-order valence-electron chi connectivity index (χ4n) is 2.40. The van der Waals surface area contributed by atoms with E-state index in [1.165, 1.54) is 45.3 Å². The highest BCUT2D eigenvalue weighted by molar-refractivity contribution is 4.74. The van der Waals surface area contributed by atoms with E-state index in [-0.39, 0.29) is 6.10 Å². The summed E-state index contributed by atoms with van der Waals surface area (Å²) in [7, 11) is 0. The van der Waals surface area contributed by atoms with Gasteiger partial charge in [-0.2, -0.15) is 0 Å². The van der Waals surface area contributed by atoms with Gasteiger partial charge in [-0.3, -0.25) is 0 Å². The van der Waals surface area contributed by atoms with Gasteiger partial charge in [-0.25, -0.2) is 0 Å². The molecule has 0 aromatic carbocycles. The van der Waals surface area contributed by atoms with Gasteiger partial charge in [0.15, 0.2) is 0 Å². The summed E-state index contributed by atoms with van der Waals surface area (Å²) in [4.78, 5) is 2.58. The molecule has 0 aromatic heterocycles. The zero-order valence-electron chi connectivity index (χ0n) is 10.9. The molecule has 0 amide bonds. The van der Waals surface area contributed by atoms with Gasteiger partial charge in [0, 0.05) is 6.04 Å². The molecule has 3 nitrogen and oxygen atoms in total. The standard InChI is InChI=1S/C13H28N2O/c1-3-9-15-10-4-5-13(7-11-15)14-8-6-12(2)16/h12-14,16H,3-11H2,1-2H3. The molecule has 0 bridgehead atoms. The fraction of sp³-hybridized carbons (Fsp3) is 1.00. The van der Waals surface area contributed by atoms with Crippen LogP contribution in [0.4, 0.5) is 0 Å². The first-order chi connectivity index (χ1) is 7.72. The molecule has 2 atom stereocenters. The zero-order valence-corrected chi connectivity index (χ0v) is 10.9. The summed E-state index contributed by atoms with van der Waals surface area (Å²) in [5, 5.41) is 12.8. The number of likely N-dealkylation sites (tertiary alicyclic amines) is 1. The topological polar surface area (TPSA) is 35.5 Å². The van der Waals surface area contributed by atoms with Crippen LogP contribution in [0.3, 0.4) is 0 Å². The second kappa shape index (κ2) is 8.04. The predicted molar refractivity (Wildman–Crippen MR) is 68.7 cm³/mol. The van der Waals surface area contributed by atoms with Crippen LogP contribution < -0.4 is 5.32 Å². The molecule has 2 unspecified atom stereocenters. The minimum absolute atomic E-state index is 0.171. The van der Waals surface area contributed by atoms with Crippen LogP contribution in [0.25, 0.3) is 0 Å². The monoisotopic (exact) mass is 228 g/mol. The van der Waals surface area contributed by atoms with Crippen molar-refractivity contribution in [3.63, 3.8) is 0 Å². The highest BCUT2D eigenvalue weighted by atomic mass is 16.3. The molecule has 16 heavy (non-hydrogen) atoms. The molecule has 1 rings (SSSR count). The maximum Gasteiger partial charge on any atom is 0.0524 e. The minimum Gasteiger partial charge on any atom is -0.393 e. The lowest BCUT2D eigenvalue weighted by Gasteiger charge is -2.19. The molecular formula is C13H28N2O. The van der Waals surface area contributed by atoms with Crippen molar-refractivity contribution in [2.24, 2.45) is 0 Å². The molecule has 1 saturated heterocycles. The van der Waals surface area contributed by atoms with Crippen LogP contribution in [0, 0.1) is 0 Å². The lowest BCUT2D eigenvalue weighted by Crippen LogP contribution is -2.32. The number of aliphatic hydroxyl groups excluding tert-OH is 1. The lowest BCUT2D eigenvalue weighted by atomic mass is 10.1. The maximum absolute atomic E-state index is 9.20. The van der Waals surface area contributed by atoms with Gasteiger partial charge >= 0.3 is 0 Å². The van der Waals surface area contributed by atoms with E-state index in [4.69, 9.17) is 0 Å². The predicted octanol–water partition coefficient (Wildman–Crippen LogP) is 1.61. The van der Waals surface area contributed by atoms with Gasteiger partial charge in [-0.05, 0) is 65.2 Å².